The quantitative estimate of drug-likeness (QED) is 0.137. The normalized spacial score (nSPS) is 15.8. The summed E-state index contributed by atoms with van der Waals surface area (Å²) in [6.07, 6.45) is 18.4. The third-order valence-electron chi connectivity index (χ3n) is 16.6. The van der Waals surface area contributed by atoms with Crippen molar-refractivity contribution in [3.8, 4) is 56.6 Å². The number of rotatable bonds is 10. The number of benzene rings is 8. The van der Waals surface area contributed by atoms with E-state index in [-0.39, 0.29) is 12.0 Å². The predicted octanol–water partition coefficient (Wildman–Crippen LogP) is 18.7. The summed E-state index contributed by atoms with van der Waals surface area (Å²) in [7, 11) is 0. The molecule has 0 bridgehead atoms. The van der Waals surface area contributed by atoms with Crippen LogP contribution >= 0.6 is 0 Å². The maximum absolute atomic E-state index is 11.0. The second kappa shape index (κ2) is 19.9. The maximum atomic E-state index is 11.0. The summed E-state index contributed by atoms with van der Waals surface area (Å²) >= 11 is 0. The van der Waals surface area contributed by atoms with Gasteiger partial charge in [-0.1, -0.05) is 152 Å². The maximum Gasteiger partial charge on any atom is 0.101 e. The second-order valence-corrected chi connectivity index (χ2v) is 21.4. The Morgan fingerprint density at radius 3 is 1.42 bits per heavy atom. The van der Waals surface area contributed by atoms with Crippen molar-refractivity contribution in [2.45, 2.75) is 61.4 Å². The van der Waals surface area contributed by atoms with Gasteiger partial charge in [-0.25, -0.2) is 0 Å². The highest BCUT2D eigenvalue weighted by atomic mass is 15.2. The first-order valence-corrected chi connectivity index (χ1v) is 27.0. The van der Waals surface area contributed by atoms with Gasteiger partial charge in [-0.15, -0.1) is 0 Å². The minimum Gasteiger partial charge on any atom is -0.329 e. The molecule has 8 aromatic carbocycles. The third-order valence-corrected chi connectivity index (χ3v) is 16.6. The Bertz CT molecular complexity index is 4090. The smallest absolute Gasteiger partial charge is 0.101 e. The Hall–Kier alpha value is -9.48. The van der Waals surface area contributed by atoms with Gasteiger partial charge >= 0.3 is 0 Å². The van der Waals surface area contributed by atoms with Crippen molar-refractivity contribution < 1.29 is 0 Å². The van der Waals surface area contributed by atoms with Crippen LogP contribution in [0.25, 0.3) is 44.5 Å². The van der Waals surface area contributed by atoms with Crippen LogP contribution in [0.15, 0.2) is 240 Å². The molecule has 0 aromatic heterocycles. The summed E-state index contributed by atoms with van der Waals surface area (Å²) in [5, 5.41) is 21.9. The third kappa shape index (κ3) is 8.21. The summed E-state index contributed by atoms with van der Waals surface area (Å²) in [6.45, 7) is 17.6. The van der Waals surface area contributed by atoms with Gasteiger partial charge in [0.25, 0.3) is 0 Å². The van der Waals surface area contributed by atoms with Crippen LogP contribution in [0.5, 0.6) is 0 Å². The van der Waals surface area contributed by atoms with E-state index in [0.29, 0.717) is 11.1 Å². The number of nitriles is 2. The Morgan fingerprint density at radius 2 is 0.885 bits per heavy atom. The van der Waals surface area contributed by atoms with E-state index in [9.17, 15) is 10.5 Å². The summed E-state index contributed by atoms with van der Waals surface area (Å²) in [4.78, 5) is 4.77. The number of hydrogen-bond donors (Lipinski definition) is 0. The zero-order chi connectivity index (χ0) is 53.9. The Labute approximate surface area is 460 Å². The summed E-state index contributed by atoms with van der Waals surface area (Å²) in [6, 6.07) is 60.9. The lowest BCUT2D eigenvalue weighted by molar-refractivity contribution is 0.773. The molecule has 2 atom stereocenters. The van der Waals surface area contributed by atoms with Gasteiger partial charge in [0.2, 0.25) is 0 Å². The van der Waals surface area contributed by atoms with Crippen molar-refractivity contribution in [1.82, 2.24) is 0 Å². The van der Waals surface area contributed by atoms with Gasteiger partial charge in [0.1, 0.15) is 12.1 Å². The Kier molecular flexibility index (Phi) is 12.6. The predicted molar refractivity (Wildman–Crippen MR) is 324 cm³/mol. The highest BCUT2D eigenvalue weighted by Gasteiger charge is 2.41. The molecular weight excluding hydrogens is 945 g/mol. The van der Waals surface area contributed by atoms with Crippen molar-refractivity contribution >= 4 is 22.7 Å². The van der Waals surface area contributed by atoms with E-state index in [1.165, 1.54) is 89.1 Å². The van der Waals surface area contributed by atoms with Gasteiger partial charge in [-0.05, 0) is 216 Å². The number of anilines is 4. The van der Waals surface area contributed by atoms with E-state index in [4.69, 9.17) is 0 Å². The molecule has 8 aromatic rings. The van der Waals surface area contributed by atoms with Gasteiger partial charge < -0.3 is 9.80 Å². The first-order valence-electron chi connectivity index (χ1n) is 27.0. The summed E-state index contributed by atoms with van der Waals surface area (Å²) in [5.41, 5.74) is 30.8. The molecule has 0 aliphatic heterocycles. The molecular formula is C74H60N4. The second-order valence-electron chi connectivity index (χ2n) is 21.4. The van der Waals surface area contributed by atoms with Crippen molar-refractivity contribution in [1.29, 1.82) is 10.5 Å². The molecule has 376 valence electrons. The van der Waals surface area contributed by atoms with Crippen molar-refractivity contribution in [2.24, 2.45) is 5.92 Å². The summed E-state index contributed by atoms with van der Waals surface area (Å²) in [5.74, 6) is -0.121. The lowest BCUT2D eigenvalue weighted by atomic mass is 9.67. The topological polar surface area (TPSA) is 54.1 Å². The van der Waals surface area contributed by atoms with E-state index in [1.54, 1.807) is 0 Å². The number of allylic oxidation sites excluding steroid dienone is 10. The monoisotopic (exact) mass is 1000 g/mol. The minimum absolute atomic E-state index is 0.121. The molecule has 78 heavy (non-hydrogen) atoms. The van der Waals surface area contributed by atoms with Gasteiger partial charge in [0.15, 0.2) is 0 Å². The molecule has 4 aliphatic rings. The zero-order valence-electron chi connectivity index (χ0n) is 45.6. The van der Waals surface area contributed by atoms with Crippen molar-refractivity contribution in [3.63, 3.8) is 0 Å². The first kappa shape index (κ1) is 49.4. The SMILES string of the molecule is Cc1cccc(C)c1-c1ccc(N(C2=C3C=CC4=C5C(=CC=C(C=C2)C35)C(N(c2ccccc2C#N)c2ccc(-c3c(C)cccc3C)cc2-c2c(C)cccc2C)C=C4)c2ccccc2C#N)c(-c2c(C)cccc2C)c1. The van der Waals surface area contributed by atoms with Crippen LogP contribution in [0.3, 0.4) is 0 Å². The molecule has 0 N–H and O–H groups in total. The standard InChI is InChI=1S/C74H60N4/c1-45-17-13-18-46(2)69(45)55-33-39-67(61(41-55)71-49(5)21-15-22-50(71)6)77(63-27-11-9-25-57(63)43-75)65-37-31-53-30-36-60-66(38-32-54-29-35-59(65)73(53)74(54)60)78(64-28-12-10-26-58(64)44-76)68-40-34-56(70-47(3)19-14-20-48(70)4)42-62(68)72-51(7)23-16-24-52(72)8/h9-42,65,74H,1-8H3. The van der Waals surface area contributed by atoms with Crippen LogP contribution in [-0.4, -0.2) is 6.04 Å². The molecule has 4 aliphatic carbocycles. The van der Waals surface area contributed by atoms with Crippen LogP contribution in [-0.2, 0) is 0 Å². The van der Waals surface area contributed by atoms with E-state index >= 15 is 0 Å². The fraction of sp³-hybridized carbons (Fsp3) is 0.135. The molecule has 0 saturated carbocycles. The lowest BCUT2D eigenvalue weighted by Gasteiger charge is -2.44. The molecule has 0 saturated heterocycles. The van der Waals surface area contributed by atoms with Crippen molar-refractivity contribution in [3.05, 3.63) is 296 Å². The fourth-order valence-corrected chi connectivity index (χ4v) is 13.1. The van der Waals surface area contributed by atoms with Crippen LogP contribution in [0, 0.1) is 84.0 Å². The van der Waals surface area contributed by atoms with Gasteiger partial charge in [0.05, 0.1) is 39.9 Å². The molecule has 0 radical (unpaired) electrons. The number of nitrogens with zero attached hydrogens (tertiary/aromatic N) is 4. The van der Waals surface area contributed by atoms with Crippen LogP contribution in [0.1, 0.15) is 55.6 Å². The highest BCUT2D eigenvalue weighted by Crippen LogP contribution is 2.54. The molecule has 2 unspecified atom stereocenters. The first-order chi connectivity index (χ1) is 37.9. The highest BCUT2D eigenvalue weighted by molar-refractivity contribution is 5.95. The molecule has 4 nitrogen and oxygen atoms in total. The molecule has 4 heteroatoms. The van der Waals surface area contributed by atoms with Gasteiger partial charge in [0, 0.05) is 22.7 Å². The average molecular weight is 1010 g/mol. The number of hydrogen-bond acceptors (Lipinski definition) is 4. The van der Waals surface area contributed by atoms with Crippen LogP contribution < -0.4 is 9.80 Å². The molecule has 0 heterocycles. The van der Waals surface area contributed by atoms with Gasteiger partial charge in [-0.2, -0.15) is 10.5 Å². The van der Waals surface area contributed by atoms with E-state index in [1.807, 2.05) is 30.3 Å². The van der Waals surface area contributed by atoms with Gasteiger partial charge in [-0.3, -0.25) is 0 Å². The number of aryl methyl sites for hydroxylation is 8. The minimum atomic E-state index is -0.296. The van der Waals surface area contributed by atoms with Crippen LogP contribution in [0.2, 0.25) is 0 Å². The largest absolute Gasteiger partial charge is 0.329 e. The zero-order valence-corrected chi connectivity index (χ0v) is 45.6. The molecule has 0 spiro atoms. The number of para-hydroxylation sites is 2. The fourth-order valence-electron chi connectivity index (χ4n) is 13.1. The molecule has 12 rings (SSSR count). The Balaban J connectivity index is 1.07. The van der Waals surface area contributed by atoms with E-state index in [0.717, 1.165) is 56.3 Å². The Morgan fingerprint density at radius 1 is 0.410 bits per heavy atom. The average Bonchev–Trinajstić information content (AvgIpc) is 3.57. The van der Waals surface area contributed by atoms with Crippen LogP contribution in [0.4, 0.5) is 22.7 Å². The van der Waals surface area contributed by atoms with E-state index < -0.39 is 0 Å². The van der Waals surface area contributed by atoms with E-state index in [2.05, 4.69) is 253 Å². The van der Waals surface area contributed by atoms with Crippen molar-refractivity contribution in [2.75, 3.05) is 9.80 Å². The molecule has 0 fully saturated rings. The lowest BCUT2D eigenvalue weighted by Crippen LogP contribution is -2.38. The molecule has 0 amide bonds. The summed E-state index contributed by atoms with van der Waals surface area (Å²) < 4.78 is 0.